The Bertz CT molecular complexity index is 1650. The summed E-state index contributed by atoms with van der Waals surface area (Å²) in [5, 5.41) is 0. The summed E-state index contributed by atoms with van der Waals surface area (Å²) >= 11 is 0. The van der Waals surface area contributed by atoms with Gasteiger partial charge in [0, 0.05) is 29.7 Å². The molecule has 2 aromatic carbocycles. The molecule has 0 aliphatic heterocycles. The number of nitrogens with one attached hydrogen (secondary N) is 1. The van der Waals surface area contributed by atoms with Crippen LogP contribution < -0.4 is 14.2 Å². The predicted molar refractivity (Wildman–Crippen MR) is 137 cm³/mol. The molecule has 42 heavy (non-hydrogen) atoms. The van der Waals surface area contributed by atoms with E-state index in [2.05, 4.69) is 9.97 Å². The number of ether oxygens (including phenoxy) is 2. The van der Waals surface area contributed by atoms with E-state index >= 15 is 0 Å². The molecule has 0 saturated carbocycles. The molecule has 0 fully saturated rings. The zero-order chi connectivity index (χ0) is 30.5. The van der Waals surface area contributed by atoms with Crippen LogP contribution in [-0.4, -0.2) is 30.3 Å². The Balaban J connectivity index is 1.62. The fourth-order valence-electron chi connectivity index (χ4n) is 3.66. The molecular formula is C27H20F7N3O4S. The lowest BCUT2D eigenvalue weighted by Crippen LogP contribution is -2.28. The van der Waals surface area contributed by atoms with Crippen LogP contribution in [0.3, 0.4) is 0 Å². The maximum absolute atomic E-state index is 14.8. The lowest BCUT2D eigenvalue weighted by molar-refractivity contribution is -0.137. The van der Waals surface area contributed by atoms with Crippen LogP contribution in [0.4, 0.5) is 36.4 Å². The van der Waals surface area contributed by atoms with Crippen molar-refractivity contribution >= 4 is 15.7 Å². The lowest BCUT2D eigenvalue weighted by Gasteiger charge is -2.16. The molecule has 4 rings (SSSR count). The molecule has 0 spiro atoms. The van der Waals surface area contributed by atoms with E-state index in [0.717, 1.165) is 30.5 Å². The number of hydrogen-bond acceptors (Lipinski definition) is 6. The van der Waals surface area contributed by atoms with Crippen molar-refractivity contribution in [3.63, 3.8) is 0 Å². The number of nitrogens with zero attached hydrogens (tertiary/aromatic N) is 2. The monoisotopic (exact) mass is 615 g/mol. The number of halogens is 7. The average Bonchev–Trinajstić information content (AvgIpc) is 2.90. The maximum atomic E-state index is 14.8. The summed E-state index contributed by atoms with van der Waals surface area (Å²) in [7, 11) is -4.97. The van der Waals surface area contributed by atoms with Gasteiger partial charge in [-0.3, -0.25) is 9.71 Å². The zero-order valence-electron chi connectivity index (χ0n) is 21.2. The number of aromatic nitrogens is 2. The van der Waals surface area contributed by atoms with Crippen LogP contribution in [-0.2, 0) is 29.4 Å². The molecule has 1 N–H and O–H groups in total. The van der Waals surface area contributed by atoms with Crippen molar-refractivity contribution in [1.82, 2.24) is 9.97 Å². The van der Waals surface area contributed by atoms with E-state index in [0.29, 0.717) is 5.56 Å². The number of anilines is 1. The second-order valence-corrected chi connectivity index (χ2v) is 10.5. The van der Waals surface area contributed by atoms with Crippen molar-refractivity contribution in [3.05, 3.63) is 102 Å². The van der Waals surface area contributed by atoms with Crippen LogP contribution in [0.5, 0.6) is 11.6 Å². The molecule has 15 heteroatoms. The summed E-state index contributed by atoms with van der Waals surface area (Å²) in [6, 6.07) is 12.0. The molecule has 0 radical (unpaired) electrons. The Morgan fingerprint density at radius 2 is 1.55 bits per heavy atom. The van der Waals surface area contributed by atoms with E-state index in [1.165, 1.54) is 36.7 Å². The molecule has 7 nitrogen and oxygen atoms in total. The highest BCUT2D eigenvalue weighted by molar-refractivity contribution is 7.92. The van der Waals surface area contributed by atoms with Crippen molar-refractivity contribution in [3.8, 4) is 22.8 Å². The standard InChI is InChI=1S/C27H20F7N3O4S/c28-23-5-4-21(40-15-18-2-1-3-20(10-18)27(32,33)34)12-22(23)19-11-24(37-42(38,39)16-26(29,30)31)25(36-13-19)41-14-17-6-8-35-9-7-17/h1-13,37H,14-16H2. The van der Waals surface area contributed by atoms with Gasteiger partial charge in [0.2, 0.25) is 15.9 Å². The number of benzene rings is 2. The summed E-state index contributed by atoms with van der Waals surface area (Å²) in [5.74, 6) is -3.35. The number of hydrogen-bond donors (Lipinski definition) is 1. The molecule has 0 aliphatic rings. The van der Waals surface area contributed by atoms with Gasteiger partial charge < -0.3 is 9.47 Å². The first-order chi connectivity index (χ1) is 19.7. The largest absolute Gasteiger partial charge is 0.489 e. The van der Waals surface area contributed by atoms with Gasteiger partial charge in [-0.15, -0.1) is 0 Å². The first-order valence-corrected chi connectivity index (χ1v) is 13.5. The zero-order valence-corrected chi connectivity index (χ0v) is 22.0. The quantitative estimate of drug-likeness (QED) is 0.198. The minimum Gasteiger partial charge on any atom is -0.489 e. The first-order valence-electron chi connectivity index (χ1n) is 11.9. The van der Waals surface area contributed by atoms with Gasteiger partial charge in [0.25, 0.3) is 0 Å². The number of alkyl halides is 6. The second kappa shape index (κ2) is 12.2. The molecule has 0 amide bonds. The average molecular weight is 616 g/mol. The van der Waals surface area contributed by atoms with Gasteiger partial charge in [-0.1, -0.05) is 12.1 Å². The topological polar surface area (TPSA) is 90.4 Å². The molecule has 0 bridgehead atoms. The predicted octanol–water partition coefficient (Wildman–Crippen LogP) is 6.76. The third kappa shape index (κ3) is 8.55. The van der Waals surface area contributed by atoms with Gasteiger partial charge in [0.05, 0.1) is 5.56 Å². The Morgan fingerprint density at radius 3 is 2.24 bits per heavy atom. The van der Waals surface area contributed by atoms with Crippen LogP contribution in [0.25, 0.3) is 11.1 Å². The van der Waals surface area contributed by atoms with E-state index < -0.39 is 45.2 Å². The van der Waals surface area contributed by atoms with Gasteiger partial charge >= 0.3 is 12.4 Å². The molecule has 0 unspecified atom stereocenters. The minimum absolute atomic E-state index is 0.0426. The summed E-state index contributed by atoms with van der Waals surface area (Å²) in [5.41, 5.74) is -0.813. The van der Waals surface area contributed by atoms with Gasteiger partial charge in [-0.2, -0.15) is 26.3 Å². The summed E-state index contributed by atoms with van der Waals surface area (Å²) in [4.78, 5) is 7.83. The fraction of sp³-hybridized carbons (Fsp3) is 0.185. The Labute approximate surface area is 235 Å². The highest BCUT2D eigenvalue weighted by Crippen LogP contribution is 2.34. The molecule has 0 saturated heterocycles. The SMILES string of the molecule is O=S(=O)(CC(F)(F)F)Nc1cc(-c2cc(OCc3cccc(C(F)(F)F)c3)ccc2F)cnc1OCc1ccncc1. The van der Waals surface area contributed by atoms with Crippen molar-refractivity contribution in [2.45, 2.75) is 25.6 Å². The third-order valence-corrected chi connectivity index (χ3v) is 6.74. The Hall–Kier alpha value is -4.40. The Kier molecular flexibility index (Phi) is 8.89. The first kappa shape index (κ1) is 30.6. The molecule has 2 heterocycles. The van der Waals surface area contributed by atoms with Crippen LogP contribution in [0.15, 0.2) is 79.3 Å². The van der Waals surface area contributed by atoms with E-state index in [-0.39, 0.29) is 41.5 Å². The van der Waals surface area contributed by atoms with Crippen molar-refractivity contribution in [1.29, 1.82) is 0 Å². The summed E-state index contributed by atoms with van der Waals surface area (Å²) < 4.78 is 130. The van der Waals surface area contributed by atoms with Gasteiger partial charge in [0.1, 0.15) is 30.5 Å². The molecule has 0 atom stereocenters. The highest BCUT2D eigenvalue weighted by Gasteiger charge is 2.36. The number of sulfonamides is 1. The van der Waals surface area contributed by atoms with Crippen LogP contribution in [0, 0.1) is 5.82 Å². The van der Waals surface area contributed by atoms with Gasteiger partial charge in [-0.05, 0) is 59.7 Å². The molecular weight excluding hydrogens is 595 g/mol. The van der Waals surface area contributed by atoms with E-state index in [1.54, 1.807) is 16.9 Å². The normalized spacial score (nSPS) is 12.2. The summed E-state index contributed by atoms with van der Waals surface area (Å²) in [6.07, 6.45) is -5.57. The van der Waals surface area contributed by atoms with E-state index in [1.807, 2.05) is 0 Å². The third-order valence-electron chi connectivity index (χ3n) is 5.50. The molecule has 4 aromatic rings. The van der Waals surface area contributed by atoms with Crippen molar-refractivity contribution in [2.75, 3.05) is 10.5 Å². The molecule has 2 aromatic heterocycles. The number of rotatable bonds is 10. The van der Waals surface area contributed by atoms with Crippen LogP contribution in [0.2, 0.25) is 0 Å². The highest BCUT2D eigenvalue weighted by atomic mass is 32.2. The van der Waals surface area contributed by atoms with Gasteiger partial charge in [-0.25, -0.2) is 17.8 Å². The van der Waals surface area contributed by atoms with Crippen molar-refractivity contribution in [2.24, 2.45) is 0 Å². The van der Waals surface area contributed by atoms with E-state index in [9.17, 15) is 39.2 Å². The van der Waals surface area contributed by atoms with Crippen LogP contribution in [0.1, 0.15) is 16.7 Å². The molecule has 222 valence electrons. The van der Waals surface area contributed by atoms with Gasteiger partial charge in [0.15, 0.2) is 5.75 Å². The fourth-order valence-corrected chi connectivity index (χ4v) is 4.64. The van der Waals surface area contributed by atoms with Crippen LogP contribution >= 0.6 is 0 Å². The van der Waals surface area contributed by atoms with Crippen molar-refractivity contribution < 1.29 is 48.6 Å². The van der Waals surface area contributed by atoms with E-state index in [4.69, 9.17) is 9.47 Å². The summed E-state index contributed by atoms with van der Waals surface area (Å²) in [6.45, 7) is -0.437. The maximum Gasteiger partial charge on any atom is 0.416 e. The second-order valence-electron chi connectivity index (χ2n) is 8.83. The smallest absolute Gasteiger partial charge is 0.416 e. The Morgan fingerprint density at radius 1 is 0.833 bits per heavy atom. The minimum atomic E-state index is -5.05. The lowest BCUT2D eigenvalue weighted by atomic mass is 10.1. The number of pyridine rings is 2. The molecule has 0 aliphatic carbocycles.